The largest absolute Gasteiger partial charge is 1.00 e. The monoisotopic (exact) mass is 321 g/mol. The number of rotatable bonds is 5. The van der Waals surface area contributed by atoms with Crippen LogP contribution in [0.4, 0.5) is 0 Å². The van der Waals surface area contributed by atoms with E-state index in [1.54, 1.807) is 6.20 Å². The molecule has 21 heavy (non-hydrogen) atoms. The molecule has 0 bridgehead atoms. The summed E-state index contributed by atoms with van der Waals surface area (Å²) >= 11 is 6.38. The molecule has 5 heteroatoms. The van der Waals surface area contributed by atoms with E-state index in [9.17, 15) is 0 Å². The second kappa shape index (κ2) is 7.34. The van der Waals surface area contributed by atoms with Gasteiger partial charge in [0.05, 0.1) is 18.0 Å². The molecule has 0 saturated carbocycles. The lowest BCUT2D eigenvalue weighted by molar-refractivity contribution is -0.00000440. The van der Waals surface area contributed by atoms with Crippen molar-refractivity contribution in [2.75, 3.05) is 6.61 Å². The Bertz CT molecular complexity index is 699. The molecule has 0 amide bonds. The van der Waals surface area contributed by atoms with Crippen molar-refractivity contribution in [2.24, 2.45) is 0 Å². The van der Waals surface area contributed by atoms with Crippen molar-refractivity contribution in [1.82, 2.24) is 9.55 Å². The normalized spacial score (nSPS) is 10.3. The van der Waals surface area contributed by atoms with Gasteiger partial charge < -0.3 is 21.7 Å². The lowest BCUT2D eigenvalue weighted by Gasteiger charge is -2.10. The zero-order valence-corrected chi connectivity index (χ0v) is 12.9. The molecule has 0 aliphatic heterocycles. The van der Waals surface area contributed by atoms with Crippen LogP contribution in [0.5, 0.6) is 5.75 Å². The quantitative estimate of drug-likeness (QED) is 0.659. The van der Waals surface area contributed by atoms with Gasteiger partial charge in [-0.1, -0.05) is 41.9 Å². The molecule has 0 spiro atoms. The van der Waals surface area contributed by atoms with Gasteiger partial charge in [-0.25, -0.2) is 4.98 Å². The first-order chi connectivity index (χ1) is 9.84. The summed E-state index contributed by atoms with van der Waals surface area (Å²) in [7, 11) is 0. The first-order valence-corrected chi connectivity index (χ1v) is 6.98. The number of imidazole rings is 1. The van der Waals surface area contributed by atoms with E-state index < -0.39 is 0 Å². The van der Waals surface area contributed by atoms with Crippen molar-refractivity contribution in [3.8, 4) is 5.75 Å². The molecule has 0 radical (unpaired) electrons. The number of hydrogen-bond acceptors (Lipinski definition) is 2. The smallest absolute Gasteiger partial charge is 0.138 e. The van der Waals surface area contributed by atoms with Crippen molar-refractivity contribution >= 4 is 22.4 Å². The maximum Gasteiger partial charge on any atom is 0.138 e. The fourth-order valence-corrected chi connectivity index (χ4v) is 2.46. The number of nitrogens with zero attached hydrogens (tertiary/aromatic N) is 2. The summed E-state index contributed by atoms with van der Waals surface area (Å²) in [4.78, 5) is 4.01. The van der Waals surface area contributed by atoms with E-state index >= 15 is 0 Å². The van der Waals surface area contributed by atoms with E-state index in [2.05, 4.69) is 4.98 Å². The first kappa shape index (κ1) is 15.7. The Balaban J connectivity index is 0.00000161. The van der Waals surface area contributed by atoms with Gasteiger partial charge in [-0.2, -0.15) is 0 Å². The highest BCUT2D eigenvalue weighted by Crippen LogP contribution is 2.32. The SMILES string of the molecule is Clc1c(OCCCn2ccnc2)ccc2ccccc12.[Cl-]. The van der Waals surface area contributed by atoms with Gasteiger partial charge in [-0.05, 0) is 17.9 Å². The van der Waals surface area contributed by atoms with Gasteiger partial charge in [0.25, 0.3) is 0 Å². The zero-order valence-electron chi connectivity index (χ0n) is 11.4. The van der Waals surface area contributed by atoms with Gasteiger partial charge in [0.15, 0.2) is 0 Å². The molecule has 3 aromatic rings. The third-order valence-electron chi connectivity index (χ3n) is 3.21. The predicted octanol–water partition coefficient (Wildman–Crippen LogP) is 1.16. The topological polar surface area (TPSA) is 27.1 Å². The van der Waals surface area contributed by atoms with E-state index in [-0.39, 0.29) is 12.4 Å². The summed E-state index contributed by atoms with van der Waals surface area (Å²) in [5.74, 6) is 0.746. The standard InChI is InChI=1S/C16H15ClN2O.ClH/c17-16-14-5-2-1-4-13(14)6-7-15(16)20-11-3-9-19-10-8-18-12-19;/h1-2,4-8,10,12H,3,9,11H2;1H/p-1. The molecule has 3 nitrogen and oxygen atoms in total. The summed E-state index contributed by atoms with van der Waals surface area (Å²) in [5, 5.41) is 2.84. The van der Waals surface area contributed by atoms with Gasteiger partial charge in [0, 0.05) is 24.3 Å². The molecule has 110 valence electrons. The molecule has 0 aliphatic carbocycles. The molecule has 0 saturated heterocycles. The molecule has 0 unspecified atom stereocenters. The van der Waals surface area contributed by atoms with E-state index in [0.29, 0.717) is 11.6 Å². The minimum absolute atomic E-state index is 0. The molecule has 1 aromatic heterocycles. The van der Waals surface area contributed by atoms with Crippen molar-refractivity contribution < 1.29 is 17.1 Å². The van der Waals surface area contributed by atoms with E-state index in [0.717, 1.165) is 29.5 Å². The molecular formula is C16H15Cl2N2O-. The van der Waals surface area contributed by atoms with E-state index in [4.69, 9.17) is 16.3 Å². The summed E-state index contributed by atoms with van der Waals surface area (Å²) in [6.07, 6.45) is 6.45. The second-order valence-corrected chi connectivity index (χ2v) is 4.98. The van der Waals surface area contributed by atoms with Crippen LogP contribution in [0.3, 0.4) is 0 Å². The van der Waals surface area contributed by atoms with Gasteiger partial charge in [-0.15, -0.1) is 0 Å². The molecule has 0 atom stereocenters. The maximum absolute atomic E-state index is 6.38. The lowest BCUT2D eigenvalue weighted by atomic mass is 10.1. The molecule has 0 aliphatic rings. The number of ether oxygens (including phenoxy) is 1. The van der Waals surface area contributed by atoms with Crippen LogP contribution >= 0.6 is 11.6 Å². The van der Waals surface area contributed by atoms with Crippen molar-refractivity contribution in [1.29, 1.82) is 0 Å². The highest BCUT2D eigenvalue weighted by Gasteiger charge is 2.05. The van der Waals surface area contributed by atoms with Crippen molar-refractivity contribution in [3.63, 3.8) is 0 Å². The van der Waals surface area contributed by atoms with Crippen LogP contribution in [-0.2, 0) is 6.54 Å². The summed E-state index contributed by atoms with van der Waals surface area (Å²) in [5.41, 5.74) is 0. The minimum atomic E-state index is 0. The highest BCUT2D eigenvalue weighted by atomic mass is 35.5. The molecule has 0 fully saturated rings. The van der Waals surface area contributed by atoms with Crippen LogP contribution in [0.25, 0.3) is 10.8 Å². The van der Waals surface area contributed by atoms with Gasteiger partial charge in [-0.3, -0.25) is 0 Å². The molecule has 1 heterocycles. The van der Waals surface area contributed by atoms with E-state index in [1.807, 2.05) is 53.5 Å². The predicted molar refractivity (Wildman–Crippen MR) is 81.3 cm³/mol. The van der Waals surface area contributed by atoms with Crippen LogP contribution in [0, 0.1) is 0 Å². The Labute approximate surface area is 134 Å². The molecular weight excluding hydrogens is 307 g/mol. The van der Waals surface area contributed by atoms with Crippen molar-refractivity contribution in [2.45, 2.75) is 13.0 Å². The Hall–Kier alpha value is -1.71. The Morgan fingerprint density at radius 1 is 1.14 bits per heavy atom. The molecule has 0 N–H and O–H groups in total. The van der Waals surface area contributed by atoms with Crippen LogP contribution in [-0.4, -0.2) is 16.2 Å². The summed E-state index contributed by atoms with van der Waals surface area (Å²) in [6, 6.07) is 12.0. The van der Waals surface area contributed by atoms with Crippen LogP contribution in [0.1, 0.15) is 6.42 Å². The number of benzene rings is 2. The molecule has 3 rings (SSSR count). The fraction of sp³-hybridized carbons (Fsp3) is 0.188. The minimum Gasteiger partial charge on any atom is -1.00 e. The Kier molecular flexibility index (Phi) is 5.48. The number of aryl methyl sites for hydroxylation is 1. The maximum atomic E-state index is 6.38. The lowest BCUT2D eigenvalue weighted by Crippen LogP contribution is -3.00. The number of aromatic nitrogens is 2. The third kappa shape index (κ3) is 3.69. The average Bonchev–Trinajstić information content (AvgIpc) is 2.99. The highest BCUT2D eigenvalue weighted by molar-refractivity contribution is 6.37. The summed E-state index contributed by atoms with van der Waals surface area (Å²) in [6.45, 7) is 1.53. The Morgan fingerprint density at radius 3 is 2.81 bits per heavy atom. The number of fused-ring (bicyclic) bond motifs is 1. The van der Waals surface area contributed by atoms with Crippen molar-refractivity contribution in [3.05, 3.63) is 60.1 Å². The van der Waals surface area contributed by atoms with Crippen LogP contribution < -0.4 is 17.1 Å². The number of hydrogen-bond donors (Lipinski definition) is 0. The van der Waals surface area contributed by atoms with Gasteiger partial charge in [0.1, 0.15) is 5.75 Å². The molecule has 2 aromatic carbocycles. The average molecular weight is 322 g/mol. The number of halogens is 2. The van der Waals surface area contributed by atoms with Crippen LogP contribution in [0.15, 0.2) is 55.1 Å². The van der Waals surface area contributed by atoms with E-state index in [1.165, 1.54) is 0 Å². The second-order valence-electron chi connectivity index (χ2n) is 4.60. The summed E-state index contributed by atoms with van der Waals surface area (Å²) < 4.78 is 7.81. The Morgan fingerprint density at radius 2 is 2.00 bits per heavy atom. The van der Waals surface area contributed by atoms with Gasteiger partial charge >= 0.3 is 0 Å². The van der Waals surface area contributed by atoms with Crippen LogP contribution in [0.2, 0.25) is 5.02 Å². The third-order valence-corrected chi connectivity index (χ3v) is 3.60. The van der Waals surface area contributed by atoms with Gasteiger partial charge in [0.2, 0.25) is 0 Å². The zero-order chi connectivity index (χ0) is 13.8. The fourth-order valence-electron chi connectivity index (χ4n) is 2.17. The first-order valence-electron chi connectivity index (χ1n) is 6.60.